The second-order valence-electron chi connectivity index (χ2n) is 11.3. The van der Waals surface area contributed by atoms with E-state index in [1.165, 1.54) is 10.9 Å². The van der Waals surface area contributed by atoms with Crippen LogP contribution in [-0.2, 0) is 18.9 Å². The number of imidazole rings is 1. The molecule has 0 saturated carbocycles. The van der Waals surface area contributed by atoms with Crippen molar-refractivity contribution in [2.75, 3.05) is 12.3 Å². The number of ether oxygens (including phenoxy) is 4. The Kier molecular flexibility index (Phi) is 8.83. The average Bonchev–Trinajstić information content (AvgIpc) is 3.61. The zero-order chi connectivity index (χ0) is 33.2. The van der Waals surface area contributed by atoms with Gasteiger partial charge in [0.25, 0.3) is 0 Å². The lowest BCUT2D eigenvalue weighted by atomic mass is 10.1. The molecule has 47 heavy (non-hydrogen) atoms. The van der Waals surface area contributed by atoms with Crippen LogP contribution in [0.2, 0.25) is 0 Å². The van der Waals surface area contributed by atoms with Crippen molar-refractivity contribution in [3.8, 4) is 0 Å². The fourth-order valence-corrected chi connectivity index (χ4v) is 5.42. The van der Waals surface area contributed by atoms with E-state index in [9.17, 15) is 14.4 Å². The maximum Gasteiger partial charge on any atom is 0.338 e. The summed E-state index contributed by atoms with van der Waals surface area (Å²) in [6, 6.07) is 20.5. The van der Waals surface area contributed by atoms with Crippen molar-refractivity contribution in [2.24, 2.45) is 0 Å². The highest BCUT2D eigenvalue weighted by atomic mass is 32.1. The van der Waals surface area contributed by atoms with Crippen LogP contribution in [0.25, 0.3) is 11.2 Å². The van der Waals surface area contributed by atoms with E-state index in [1.807, 2.05) is 20.8 Å². The number of benzene rings is 3. The van der Waals surface area contributed by atoms with Crippen LogP contribution in [0.1, 0.15) is 54.0 Å². The molecule has 1 saturated heterocycles. The maximum absolute atomic E-state index is 13.5. The number of hydrogen-bond acceptors (Lipinski definition) is 11. The summed E-state index contributed by atoms with van der Waals surface area (Å²) in [5, 5.41) is 0. The minimum Gasteiger partial charge on any atom is -0.459 e. The van der Waals surface area contributed by atoms with Gasteiger partial charge in [0.15, 0.2) is 29.0 Å². The lowest BCUT2D eigenvalue weighted by molar-refractivity contribution is -0.0606. The van der Waals surface area contributed by atoms with Crippen molar-refractivity contribution in [3.63, 3.8) is 0 Å². The van der Waals surface area contributed by atoms with Gasteiger partial charge in [-0.25, -0.2) is 24.4 Å². The summed E-state index contributed by atoms with van der Waals surface area (Å²) in [5.41, 5.74) is 10.4. The van der Waals surface area contributed by atoms with Gasteiger partial charge in [-0.1, -0.05) is 65.3 Å². The van der Waals surface area contributed by atoms with E-state index < -0.39 is 42.4 Å². The first-order chi connectivity index (χ1) is 22.6. The standard InChI is InChI=1S/C34H31N5O7S/c1-18-4-10-21(11-5-18)31(40)43-16-24-26(45-32(41)22-12-6-19(2)7-13-22)27(46-33(42)23-14-8-20(3)9-15-23)30(44-24)39-17-36-25-28(39)37-34(35)38-29(25)47/h4-15,17,24,26-27,30H,16H2,1-3H3,(H3,35,37,38,47). The summed E-state index contributed by atoms with van der Waals surface area (Å²) in [6.07, 6.45) is -3.24. The Morgan fingerprint density at radius 3 is 1.83 bits per heavy atom. The van der Waals surface area contributed by atoms with E-state index in [1.54, 1.807) is 72.8 Å². The molecule has 3 aromatic carbocycles. The van der Waals surface area contributed by atoms with Crippen molar-refractivity contribution < 1.29 is 33.3 Å². The number of esters is 3. The number of carbonyl (C=O) groups excluding carboxylic acids is 3. The van der Waals surface area contributed by atoms with Crippen LogP contribution in [0, 0.1) is 25.4 Å². The van der Waals surface area contributed by atoms with Crippen molar-refractivity contribution in [2.45, 2.75) is 45.3 Å². The summed E-state index contributed by atoms with van der Waals surface area (Å²) in [5.74, 6) is -1.95. The van der Waals surface area contributed by atoms with Crippen molar-refractivity contribution in [3.05, 3.63) is 117 Å². The Hall–Kier alpha value is -5.40. The van der Waals surface area contributed by atoms with Crippen molar-refractivity contribution in [1.82, 2.24) is 19.5 Å². The van der Waals surface area contributed by atoms with E-state index >= 15 is 0 Å². The summed E-state index contributed by atoms with van der Waals surface area (Å²) in [7, 11) is 0. The van der Waals surface area contributed by atoms with E-state index in [2.05, 4.69) is 15.0 Å². The quantitative estimate of drug-likeness (QED) is 0.129. The SMILES string of the molecule is Cc1ccc(C(=O)OCC2OC(n3cnc4c(=S)nc(N)[nH]c43)C(OC(=O)c3ccc(C)cc3)C2OC(=O)c2ccc(C)cc2)cc1. The Balaban J connectivity index is 1.39. The van der Waals surface area contributed by atoms with E-state index in [0.717, 1.165) is 16.7 Å². The first-order valence-corrected chi connectivity index (χ1v) is 15.1. The van der Waals surface area contributed by atoms with Crippen LogP contribution in [0.3, 0.4) is 0 Å². The van der Waals surface area contributed by atoms with Crippen molar-refractivity contribution >= 4 is 47.2 Å². The first kappa shape index (κ1) is 31.6. The Labute approximate surface area is 274 Å². The number of H-pyrrole nitrogens is 1. The molecule has 1 fully saturated rings. The molecule has 240 valence electrons. The molecule has 3 heterocycles. The molecule has 0 aliphatic carbocycles. The van der Waals surface area contributed by atoms with Crippen LogP contribution in [-0.4, -0.2) is 62.3 Å². The van der Waals surface area contributed by atoms with E-state index in [-0.39, 0.29) is 28.3 Å². The Morgan fingerprint density at radius 2 is 1.30 bits per heavy atom. The van der Waals surface area contributed by atoms with Gasteiger partial charge in [0.05, 0.1) is 23.0 Å². The monoisotopic (exact) mass is 653 g/mol. The van der Waals surface area contributed by atoms with Gasteiger partial charge in [0, 0.05) is 0 Å². The second-order valence-corrected chi connectivity index (χ2v) is 11.7. The number of nitrogens with one attached hydrogen (secondary N) is 1. The minimum atomic E-state index is -1.24. The van der Waals surface area contributed by atoms with Crippen LogP contribution in [0.5, 0.6) is 0 Å². The fraction of sp³-hybridized carbons (Fsp3) is 0.235. The van der Waals surface area contributed by atoms with Crippen LogP contribution in [0.4, 0.5) is 5.95 Å². The summed E-state index contributed by atoms with van der Waals surface area (Å²) >= 11 is 5.35. The van der Waals surface area contributed by atoms with Crippen LogP contribution in [0.15, 0.2) is 79.1 Å². The largest absolute Gasteiger partial charge is 0.459 e. The molecule has 4 atom stereocenters. The Morgan fingerprint density at radius 1 is 0.809 bits per heavy atom. The smallest absolute Gasteiger partial charge is 0.338 e. The molecule has 2 aromatic heterocycles. The van der Waals surface area contributed by atoms with Gasteiger partial charge in [-0.05, 0) is 57.2 Å². The predicted octanol–water partition coefficient (Wildman–Crippen LogP) is 5.20. The topological polar surface area (TPSA) is 161 Å². The molecule has 3 N–H and O–H groups in total. The number of nitrogen functional groups attached to an aromatic ring is 1. The number of aryl methyl sites for hydroxylation is 3. The number of rotatable bonds is 8. The third-order valence-corrected chi connectivity index (χ3v) is 8.04. The molecule has 12 nitrogen and oxygen atoms in total. The molecule has 1 aliphatic heterocycles. The van der Waals surface area contributed by atoms with Gasteiger partial charge in [0.1, 0.15) is 23.9 Å². The maximum atomic E-state index is 13.5. The number of nitrogens with zero attached hydrogens (tertiary/aromatic N) is 3. The summed E-state index contributed by atoms with van der Waals surface area (Å²) in [6.45, 7) is 5.36. The molecule has 0 radical (unpaired) electrons. The number of aromatic nitrogens is 4. The fourth-order valence-electron chi connectivity index (χ4n) is 5.17. The average molecular weight is 654 g/mol. The number of hydrogen-bond donors (Lipinski definition) is 2. The third-order valence-electron chi connectivity index (χ3n) is 7.75. The third kappa shape index (κ3) is 6.76. The van der Waals surface area contributed by atoms with Gasteiger partial charge in [-0.15, -0.1) is 0 Å². The van der Waals surface area contributed by atoms with Crippen LogP contribution >= 0.6 is 12.2 Å². The molecule has 0 amide bonds. The van der Waals surface area contributed by atoms with Gasteiger partial charge in [-0.2, -0.15) is 0 Å². The van der Waals surface area contributed by atoms with Gasteiger partial charge in [0.2, 0.25) is 0 Å². The van der Waals surface area contributed by atoms with Gasteiger partial charge >= 0.3 is 17.9 Å². The number of aromatic amines is 1. The molecule has 0 spiro atoms. The molecule has 5 aromatic rings. The minimum absolute atomic E-state index is 0.0290. The highest BCUT2D eigenvalue weighted by Crippen LogP contribution is 2.37. The molecule has 0 bridgehead atoms. The lowest BCUT2D eigenvalue weighted by Crippen LogP contribution is -2.41. The second kappa shape index (κ2) is 13.1. The number of carbonyl (C=O) groups is 3. The van der Waals surface area contributed by atoms with Gasteiger partial charge in [-0.3, -0.25) is 4.57 Å². The number of anilines is 1. The molecule has 6 rings (SSSR count). The number of nitrogens with two attached hydrogens (primary N) is 1. The Bertz CT molecular complexity index is 2010. The molecule has 4 unspecified atom stereocenters. The van der Waals surface area contributed by atoms with Crippen LogP contribution < -0.4 is 5.73 Å². The lowest BCUT2D eigenvalue weighted by Gasteiger charge is -2.25. The zero-order valence-electron chi connectivity index (χ0n) is 25.7. The molecular weight excluding hydrogens is 622 g/mol. The predicted molar refractivity (Wildman–Crippen MR) is 173 cm³/mol. The van der Waals surface area contributed by atoms with E-state index in [4.69, 9.17) is 36.9 Å². The number of fused-ring (bicyclic) bond motifs is 1. The van der Waals surface area contributed by atoms with Crippen molar-refractivity contribution in [1.29, 1.82) is 0 Å². The summed E-state index contributed by atoms with van der Waals surface area (Å²) < 4.78 is 25.8. The highest BCUT2D eigenvalue weighted by Gasteiger charge is 2.51. The summed E-state index contributed by atoms with van der Waals surface area (Å²) in [4.78, 5) is 51.4. The molecular formula is C34H31N5O7S. The molecule has 1 aliphatic rings. The zero-order valence-corrected chi connectivity index (χ0v) is 26.5. The first-order valence-electron chi connectivity index (χ1n) is 14.7. The highest BCUT2D eigenvalue weighted by molar-refractivity contribution is 7.71. The normalized spacial score (nSPS) is 19.0. The van der Waals surface area contributed by atoms with E-state index in [0.29, 0.717) is 16.7 Å². The molecule has 13 heteroatoms. The van der Waals surface area contributed by atoms with Gasteiger partial charge < -0.3 is 29.7 Å².